The Bertz CT molecular complexity index is 790. The van der Waals surface area contributed by atoms with Crippen molar-refractivity contribution in [3.05, 3.63) is 62.2 Å². The van der Waals surface area contributed by atoms with Gasteiger partial charge in [0.2, 0.25) is 0 Å². The lowest BCUT2D eigenvalue weighted by Crippen LogP contribution is -2.04. The fourth-order valence-electron chi connectivity index (χ4n) is 2.16. The van der Waals surface area contributed by atoms with E-state index < -0.39 is 16.4 Å². The van der Waals surface area contributed by atoms with Crippen LogP contribution in [0, 0.1) is 24.0 Å². The molecule has 0 saturated carbocycles. The van der Waals surface area contributed by atoms with Crippen molar-refractivity contribution in [3.63, 3.8) is 0 Å². The molecule has 0 N–H and O–H groups in total. The normalized spacial score (nSPS) is 11.0. The van der Waals surface area contributed by atoms with Crippen LogP contribution in [-0.4, -0.2) is 24.3 Å². The van der Waals surface area contributed by atoms with E-state index in [1.54, 1.807) is 0 Å². The van der Waals surface area contributed by atoms with Crippen molar-refractivity contribution in [2.75, 3.05) is 13.2 Å². The zero-order valence-corrected chi connectivity index (χ0v) is 14.0. The summed E-state index contributed by atoms with van der Waals surface area (Å²) in [5.41, 5.74) is 1.71. The van der Waals surface area contributed by atoms with Crippen LogP contribution in [-0.2, 0) is 0 Å². The Morgan fingerprint density at radius 3 is 2.71 bits per heavy atom. The second-order valence-electron chi connectivity index (χ2n) is 5.25. The third-order valence-electron chi connectivity index (χ3n) is 3.30. The summed E-state index contributed by atoms with van der Waals surface area (Å²) < 4.78 is 5.62. The number of benzene rings is 2. The first-order valence-corrected chi connectivity index (χ1v) is 7.61. The molecule has 0 amide bonds. The molecule has 0 heterocycles. The van der Waals surface area contributed by atoms with Crippen molar-refractivity contribution in [2.24, 2.45) is 4.99 Å². The molecule has 126 valence electrons. The highest BCUT2D eigenvalue weighted by atomic mass is 35.5. The molecule has 6 nitrogen and oxygen atoms in total. The molecule has 7 heteroatoms. The Hall–Kier alpha value is -2.60. The Morgan fingerprint density at radius 1 is 1.29 bits per heavy atom. The van der Waals surface area contributed by atoms with E-state index in [1.165, 1.54) is 12.3 Å². The van der Waals surface area contributed by atoms with Gasteiger partial charge in [-0.05, 0) is 42.9 Å². The lowest BCUT2D eigenvalue weighted by atomic mass is 10.1. The van der Waals surface area contributed by atoms with Gasteiger partial charge in [0.25, 0.3) is 5.69 Å². The largest absolute Gasteiger partial charge is 0.867 e. The Kier molecular flexibility index (Phi) is 5.76. The summed E-state index contributed by atoms with van der Waals surface area (Å²) in [7, 11) is 0. The molecule has 0 spiro atoms. The molecule has 0 aliphatic carbocycles. The molecule has 0 aliphatic heterocycles. The second kappa shape index (κ2) is 7.79. The maximum Gasteiger partial charge on any atom is 0.263 e. The fourth-order valence-corrected chi connectivity index (χ4v) is 2.38. The van der Waals surface area contributed by atoms with E-state index >= 15 is 0 Å². The number of hydrogen-bond donors (Lipinski definition) is 0. The van der Waals surface area contributed by atoms with E-state index in [9.17, 15) is 15.2 Å². The van der Waals surface area contributed by atoms with Gasteiger partial charge in [0.1, 0.15) is 12.4 Å². The minimum Gasteiger partial charge on any atom is -0.867 e. The number of aliphatic imine (C=N–C) groups is 1. The first-order chi connectivity index (χ1) is 11.4. The van der Waals surface area contributed by atoms with Crippen LogP contribution >= 0.6 is 11.6 Å². The first-order valence-electron chi connectivity index (χ1n) is 7.23. The Balaban J connectivity index is 1.98. The summed E-state index contributed by atoms with van der Waals surface area (Å²) in [6.07, 6.45) is 1.28. The molecule has 2 aromatic rings. The molecular formula is C17H16ClN2O4-. The Morgan fingerprint density at radius 2 is 2.04 bits per heavy atom. The van der Waals surface area contributed by atoms with Gasteiger partial charge in [-0.25, -0.2) is 0 Å². The van der Waals surface area contributed by atoms with Gasteiger partial charge in [-0.2, -0.15) is 0 Å². The van der Waals surface area contributed by atoms with Gasteiger partial charge in [-0.1, -0.05) is 29.3 Å². The number of hydrogen-bond acceptors (Lipinski definition) is 5. The van der Waals surface area contributed by atoms with Gasteiger partial charge in [0, 0.05) is 17.3 Å². The van der Waals surface area contributed by atoms with Gasteiger partial charge < -0.3 is 9.84 Å². The van der Waals surface area contributed by atoms with Gasteiger partial charge in [-0.3, -0.25) is 15.1 Å². The van der Waals surface area contributed by atoms with Crippen LogP contribution in [0.1, 0.15) is 16.7 Å². The van der Waals surface area contributed by atoms with Crippen molar-refractivity contribution in [3.8, 4) is 11.5 Å². The highest BCUT2D eigenvalue weighted by Gasteiger charge is 2.11. The summed E-state index contributed by atoms with van der Waals surface area (Å²) >= 11 is 5.79. The van der Waals surface area contributed by atoms with E-state index in [0.29, 0.717) is 13.2 Å². The molecule has 0 atom stereocenters. The van der Waals surface area contributed by atoms with Crippen LogP contribution < -0.4 is 9.84 Å². The van der Waals surface area contributed by atoms with Gasteiger partial charge >= 0.3 is 0 Å². The molecule has 0 aromatic heterocycles. The molecule has 0 unspecified atom stereocenters. The van der Waals surface area contributed by atoms with E-state index in [-0.39, 0.29) is 10.6 Å². The molecule has 0 radical (unpaired) electrons. The number of nitro benzene ring substituents is 1. The quantitative estimate of drug-likeness (QED) is 0.346. The number of nitro groups is 1. The summed E-state index contributed by atoms with van der Waals surface area (Å²) in [6.45, 7) is 4.61. The third kappa shape index (κ3) is 4.45. The van der Waals surface area contributed by atoms with Crippen molar-refractivity contribution in [2.45, 2.75) is 13.8 Å². The smallest absolute Gasteiger partial charge is 0.263 e. The average molecular weight is 348 g/mol. The molecule has 2 rings (SSSR count). The van der Waals surface area contributed by atoms with Crippen LogP contribution in [0.25, 0.3) is 0 Å². The van der Waals surface area contributed by atoms with Crippen molar-refractivity contribution in [1.29, 1.82) is 0 Å². The standard InChI is InChI=1S/C17H17ClN2O4/c1-11-3-4-16(12(2)7-11)24-6-5-19-10-13-8-14(18)9-15(17(13)21)20(22)23/h3-4,7-10,21H,5-6H2,1-2H3/p-1. The highest BCUT2D eigenvalue weighted by molar-refractivity contribution is 6.31. The van der Waals surface area contributed by atoms with E-state index in [4.69, 9.17) is 16.3 Å². The summed E-state index contributed by atoms with van der Waals surface area (Å²) in [5, 5.41) is 22.8. The maximum absolute atomic E-state index is 11.9. The minimum absolute atomic E-state index is 0.0840. The van der Waals surface area contributed by atoms with E-state index in [2.05, 4.69) is 4.99 Å². The molecule has 2 aromatic carbocycles. The molecule has 0 bridgehead atoms. The van der Waals surface area contributed by atoms with E-state index in [0.717, 1.165) is 22.9 Å². The van der Waals surface area contributed by atoms with Crippen LogP contribution in [0.4, 0.5) is 5.69 Å². The monoisotopic (exact) mass is 347 g/mol. The Labute approximate surface area is 144 Å². The first kappa shape index (κ1) is 17.7. The predicted octanol–water partition coefficient (Wildman–Crippen LogP) is 3.44. The van der Waals surface area contributed by atoms with E-state index in [1.807, 2.05) is 32.0 Å². The molecule has 0 aliphatic rings. The lowest BCUT2D eigenvalue weighted by molar-refractivity contribution is -0.398. The maximum atomic E-state index is 11.9. The topological polar surface area (TPSA) is 87.8 Å². The molecule has 0 fully saturated rings. The van der Waals surface area contributed by atoms with Crippen LogP contribution in [0.2, 0.25) is 5.02 Å². The van der Waals surface area contributed by atoms with Gasteiger partial charge in [0.05, 0.1) is 11.5 Å². The zero-order valence-electron chi connectivity index (χ0n) is 13.3. The molecule has 0 saturated heterocycles. The summed E-state index contributed by atoms with van der Waals surface area (Å²) in [6, 6.07) is 8.26. The molecule has 24 heavy (non-hydrogen) atoms. The van der Waals surface area contributed by atoms with Crippen LogP contribution in [0.3, 0.4) is 0 Å². The number of halogens is 1. The fraction of sp³-hybridized carbons (Fsp3) is 0.235. The second-order valence-corrected chi connectivity index (χ2v) is 5.69. The average Bonchev–Trinajstić information content (AvgIpc) is 2.51. The SMILES string of the molecule is Cc1ccc(OCCN=Cc2cc(Cl)cc([N+](=O)[O-])c2[O-])c(C)c1. The number of ether oxygens (including phenoxy) is 1. The van der Waals surface area contributed by atoms with Crippen molar-refractivity contribution >= 4 is 23.5 Å². The highest BCUT2D eigenvalue weighted by Crippen LogP contribution is 2.29. The lowest BCUT2D eigenvalue weighted by Gasteiger charge is -2.11. The number of aryl methyl sites for hydroxylation is 2. The molecular weight excluding hydrogens is 332 g/mol. The van der Waals surface area contributed by atoms with Crippen molar-refractivity contribution < 1.29 is 14.8 Å². The third-order valence-corrected chi connectivity index (χ3v) is 3.52. The zero-order chi connectivity index (χ0) is 17.7. The van der Waals surface area contributed by atoms with Crippen molar-refractivity contribution in [1.82, 2.24) is 0 Å². The van der Waals surface area contributed by atoms with Crippen LogP contribution in [0.15, 0.2) is 35.3 Å². The number of rotatable bonds is 6. The minimum atomic E-state index is -0.755. The predicted molar refractivity (Wildman–Crippen MR) is 91.4 cm³/mol. The van der Waals surface area contributed by atoms with Gasteiger partial charge in [-0.15, -0.1) is 0 Å². The number of nitrogens with zero attached hydrogens (tertiary/aromatic N) is 2. The summed E-state index contributed by atoms with van der Waals surface area (Å²) in [5.74, 6) is 0.0714. The summed E-state index contributed by atoms with van der Waals surface area (Å²) in [4.78, 5) is 14.1. The van der Waals surface area contributed by atoms with Crippen LogP contribution in [0.5, 0.6) is 11.5 Å². The van der Waals surface area contributed by atoms with Gasteiger partial charge in [0.15, 0.2) is 0 Å².